The van der Waals surface area contributed by atoms with Crippen LogP contribution in [0.5, 0.6) is 0 Å². The van der Waals surface area contributed by atoms with Crippen molar-refractivity contribution in [3.63, 3.8) is 0 Å². The summed E-state index contributed by atoms with van der Waals surface area (Å²) in [4.78, 5) is 25.0. The molecule has 23 heavy (non-hydrogen) atoms. The third-order valence-electron chi connectivity index (χ3n) is 4.59. The van der Waals surface area contributed by atoms with Crippen molar-refractivity contribution in [2.75, 3.05) is 13.1 Å². The topological polar surface area (TPSA) is 49.4 Å². The fraction of sp³-hybridized carbons (Fsp3) is 0.500. The van der Waals surface area contributed by atoms with E-state index in [2.05, 4.69) is 5.32 Å². The lowest BCUT2D eigenvalue weighted by Crippen LogP contribution is -2.56. The van der Waals surface area contributed by atoms with E-state index in [0.717, 1.165) is 0 Å². The molecule has 1 atom stereocenters. The Morgan fingerprint density at radius 2 is 2.00 bits per heavy atom. The van der Waals surface area contributed by atoms with Gasteiger partial charge in [0.2, 0.25) is 11.8 Å². The summed E-state index contributed by atoms with van der Waals surface area (Å²) in [5, 5.41) is 2.18. The molecule has 1 saturated heterocycles. The molecule has 0 unspecified atom stereocenters. The summed E-state index contributed by atoms with van der Waals surface area (Å²) in [5.41, 5.74) is -1.65. The molecule has 0 saturated carbocycles. The van der Waals surface area contributed by atoms with Crippen LogP contribution in [0.1, 0.15) is 30.4 Å². The van der Waals surface area contributed by atoms with E-state index in [9.17, 15) is 22.8 Å². The van der Waals surface area contributed by atoms with Crippen LogP contribution >= 0.6 is 0 Å². The van der Waals surface area contributed by atoms with E-state index in [1.165, 1.54) is 11.0 Å². The number of hydrogen-bond donors (Lipinski definition) is 1. The number of rotatable bonds is 3. The Balaban J connectivity index is 1.84. The van der Waals surface area contributed by atoms with Gasteiger partial charge in [0.05, 0.1) is 6.54 Å². The van der Waals surface area contributed by atoms with Crippen LogP contribution in [0.15, 0.2) is 24.3 Å². The first-order valence-corrected chi connectivity index (χ1v) is 7.57. The molecule has 1 aromatic rings. The van der Waals surface area contributed by atoms with E-state index in [1.54, 1.807) is 18.2 Å². The van der Waals surface area contributed by atoms with Gasteiger partial charge in [-0.3, -0.25) is 9.59 Å². The van der Waals surface area contributed by atoms with E-state index in [4.69, 9.17) is 0 Å². The molecule has 2 aliphatic rings. The minimum atomic E-state index is -4.59. The molecule has 1 fully saturated rings. The Morgan fingerprint density at radius 3 is 2.65 bits per heavy atom. The summed E-state index contributed by atoms with van der Waals surface area (Å²) in [6, 6.07) is 6.30. The number of halogens is 3. The number of benzene rings is 1. The van der Waals surface area contributed by atoms with E-state index >= 15 is 0 Å². The lowest BCUT2D eigenvalue weighted by Gasteiger charge is -2.34. The van der Waals surface area contributed by atoms with Gasteiger partial charge in [-0.05, 0) is 30.4 Å². The Kier molecular flexibility index (Phi) is 3.82. The zero-order chi connectivity index (χ0) is 16.7. The number of carbonyl (C=O) groups excluding carboxylic acids is 2. The lowest BCUT2D eigenvalue weighted by molar-refractivity contribution is -0.202. The van der Waals surface area contributed by atoms with Gasteiger partial charge < -0.3 is 10.2 Å². The molecule has 1 aromatic carbocycles. The third kappa shape index (κ3) is 2.68. The fourth-order valence-electron chi connectivity index (χ4n) is 3.43. The Hall–Kier alpha value is -2.05. The number of nitrogens with one attached hydrogen (secondary N) is 1. The van der Waals surface area contributed by atoms with Crippen LogP contribution in [0.3, 0.4) is 0 Å². The van der Waals surface area contributed by atoms with E-state index < -0.39 is 17.6 Å². The first kappa shape index (κ1) is 15.8. The summed E-state index contributed by atoms with van der Waals surface area (Å²) in [6.45, 7) is 0.0979. The smallest absolute Gasteiger partial charge is 0.337 e. The van der Waals surface area contributed by atoms with Gasteiger partial charge in [0.25, 0.3) is 0 Å². The van der Waals surface area contributed by atoms with Crippen LogP contribution in [0.2, 0.25) is 0 Å². The van der Waals surface area contributed by atoms with Gasteiger partial charge >= 0.3 is 6.18 Å². The second-order valence-electron chi connectivity index (χ2n) is 6.03. The summed E-state index contributed by atoms with van der Waals surface area (Å²) < 4.78 is 41.2. The van der Waals surface area contributed by atoms with Crippen LogP contribution in [0.4, 0.5) is 13.2 Å². The number of fused-ring (bicyclic) bond motifs is 1. The standard InChI is InChI=1S/C16H17F3N2O2/c17-16(18,19)15(8-7-11-4-1-2-5-12(11)15)20-13(22)10-21-9-3-6-14(21)23/h1-2,4-5H,3,6-10H2,(H,20,22)/t15-/m1/s1. The van der Waals surface area contributed by atoms with Gasteiger partial charge in [-0.25, -0.2) is 0 Å². The molecule has 3 rings (SSSR count). The molecule has 0 spiro atoms. The maximum absolute atomic E-state index is 13.7. The Morgan fingerprint density at radius 1 is 1.26 bits per heavy atom. The van der Waals surface area contributed by atoms with Crippen molar-refractivity contribution in [3.8, 4) is 0 Å². The average Bonchev–Trinajstić information content (AvgIpc) is 3.04. The first-order chi connectivity index (χ1) is 10.8. The highest BCUT2D eigenvalue weighted by molar-refractivity contribution is 5.86. The van der Waals surface area contributed by atoms with E-state index in [1.807, 2.05) is 0 Å². The van der Waals surface area contributed by atoms with Crippen molar-refractivity contribution in [3.05, 3.63) is 35.4 Å². The van der Waals surface area contributed by atoms with Gasteiger partial charge in [-0.2, -0.15) is 13.2 Å². The zero-order valence-electron chi connectivity index (χ0n) is 12.4. The largest absolute Gasteiger partial charge is 0.415 e. The maximum atomic E-state index is 13.7. The molecule has 1 aliphatic carbocycles. The summed E-state index contributed by atoms with van der Waals surface area (Å²) in [7, 11) is 0. The molecule has 4 nitrogen and oxygen atoms in total. The number of hydrogen-bond acceptors (Lipinski definition) is 2. The highest BCUT2D eigenvalue weighted by Crippen LogP contribution is 2.47. The van der Waals surface area contributed by atoms with Gasteiger partial charge in [0.1, 0.15) is 0 Å². The van der Waals surface area contributed by atoms with Crippen molar-refractivity contribution in [1.82, 2.24) is 10.2 Å². The fourth-order valence-corrected chi connectivity index (χ4v) is 3.43. The van der Waals surface area contributed by atoms with E-state index in [0.29, 0.717) is 24.9 Å². The first-order valence-electron chi connectivity index (χ1n) is 7.57. The van der Waals surface area contributed by atoms with Crippen molar-refractivity contribution >= 4 is 11.8 Å². The summed E-state index contributed by atoms with van der Waals surface area (Å²) in [5.74, 6) is -0.956. The molecular formula is C16H17F3N2O2. The summed E-state index contributed by atoms with van der Waals surface area (Å²) >= 11 is 0. The molecule has 1 heterocycles. The predicted molar refractivity (Wildman–Crippen MR) is 76.5 cm³/mol. The van der Waals surface area contributed by atoms with Crippen LogP contribution in [-0.2, 0) is 21.5 Å². The molecule has 124 valence electrons. The lowest BCUT2D eigenvalue weighted by atomic mass is 9.90. The summed E-state index contributed by atoms with van der Waals surface area (Å²) in [6.07, 6.45) is -3.56. The average molecular weight is 326 g/mol. The van der Waals surface area contributed by atoms with Gasteiger partial charge in [0, 0.05) is 13.0 Å². The van der Waals surface area contributed by atoms with Gasteiger partial charge in [0.15, 0.2) is 5.54 Å². The highest BCUT2D eigenvalue weighted by Gasteiger charge is 2.59. The minimum absolute atomic E-state index is 0.105. The van der Waals surface area contributed by atoms with Crippen molar-refractivity contribution in [2.45, 2.75) is 37.4 Å². The molecule has 1 N–H and O–H groups in total. The van der Waals surface area contributed by atoms with Gasteiger partial charge in [-0.15, -0.1) is 0 Å². The maximum Gasteiger partial charge on any atom is 0.415 e. The molecule has 7 heteroatoms. The van der Waals surface area contributed by atoms with Crippen LogP contribution in [0.25, 0.3) is 0 Å². The quantitative estimate of drug-likeness (QED) is 0.925. The number of aryl methyl sites for hydroxylation is 1. The number of amides is 2. The van der Waals surface area contributed by atoms with Crippen LogP contribution in [0, 0.1) is 0 Å². The highest BCUT2D eigenvalue weighted by atomic mass is 19.4. The van der Waals surface area contributed by atoms with E-state index in [-0.39, 0.29) is 30.9 Å². The second-order valence-corrected chi connectivity index (χ2v) is 6.03. The van der Waals surface area contributed by atoms with Gasteiger partial charge in [-0.1, -0.05) is 24.3 Å². The molecular weight excluding hydrogens is 309 g/mol. The number of carbonyl (C=O) groups is 2. The Labute approximate surface area is 131 Å². The Bertz CT molecular complexity index is 644. The molecule has 0 aromatic heterocycles. The third-order valence-corrected chi connectivity index (χ3v) is 4.59. The zero-order valence-corrected chi connectivity index (χ0v) is 12.4. The van der Waals surface area contributed by atoms with Crippen molar-refractivity contribution < 1.29 is 22.8 Å². The molecule has 1 aliphatic heterocycles. The second kappa shape index (κ2) is 5.54. The van der Waals surface area contributed by atoms with Crippen LogP contribution < -0.4 is 5.32 Å². The SMILES string of the molecule is O=C(CN1CCCC1=O)N[C@]1(C(F)(F)F)CCc2ccccc21. The molecule has 0 radical (unpaired) electrons. The molecule has 2 amide bonds. The van der Waals surface area contributed by atoms with Crippen molar-refractivity contribution in [1.29, 1.82) is 0 Å². The number of nitrogens with zero attached hydrogens (tertiary/aromatic N) is 1. The minimum Gasteiger partial charge on any atom is -0.337 e. The number of alkyl halides is 3. The molecule has 0 bridgehead atoms. The normalized spacial score (nSPS) is 24.0. The van der Waals surface area contributed by atoms with Crippen molar-refractivity contribution in [2.24, 2.45) is 0 Å². The monoisotopic (exact) mass is 326 g/mol. The van der Waals surface area contributed by atoms with Crippen LogP contribution in [-0.4, -0.2) is 36.0 Å². The number of likely N-dealkylation sites (tertiary alicyclic amines) is 1. The predicted octanol–water partition coefficient (Wildman–Crippen LogP) is 2.13.